The van der Waals surface area contributed by atoms with Crippen LogP contribution in [0.15, 0.2) is 29.2 Å². The number of hydrogen-bond acceptors (Lipinski definition) is 5. The predicted molar refractivity (Wildman–Crippen MR) is 80.5 cm³/mol. The second kappa shape index (κ2) is 7.68. The fourth-order valence-electron chi connectivity index (χ4n) is 1.99. The molecule has 1 atom stereocenters. The van der Waals surface area contributed by atoms with E-state index < -0.39 is 12.0 Å². The lowest BCUT2D eigenvalue weighted by molar-refractivity contribution is -0.159. The zero-order valence-corrected chi connectivity index (χ0v) is 13.2. The molecule has 5 nitrogen and oxygen atoms in total. The number of esters is 1. The van der Waals surface area contributed by atoms with Crippen molar-refractivity contribution in [3.05, 3.63) is 29.3 Å². The van der Waals surface area contributed by atoms with E-state index in [1.165, 1.54) is 23.8 Å². The van der Waals surface area contributed by atoms with Crippen LogP contribution in [0.25, 0.3) is 0 Å². The summed E-state index contributed by atoms with van der Waals surface area (Å²) in [6, 6.07) is 6.62. The fraction of sp³-hybridized carbons (Fsp3) is 0.429. The van der Waals surface area contributed by atoms with Gasteiger partial charge in [-0.3, -0.25) is 4.79 Å². The first-order chi connectivity index (χ1) is 10.1. The first-order valence-corrected chi connectivity index (χ1v) is 7.81. The number of nitrogens with zero attached hydrogens (tertiary/aromatic N) is 1. The minimum Gasteiger partial charge on any atom is -0.467 e. The van der Waals surface area contributed by atoms with Crippen LogP contribution in [0.5, 0.6) is 0 Å². The van der Waals surface area contributed by atoms with Gasteiger partial charge < -0.3 is 14.4 Å². The molecule has 1 aromatic carbocycles. The number of morpholine rings is 1. The van der Waals surface area contributed by atoms with Crippen molar-refractivity contribution in [1.82, 2.24) is 4.90 Å². The molecule has 1 saturated heterocycles. The van der Waals surface area contributed by atoms with Crippen LogP contribution >= 0.6 is 23.4 Å². The number of halogens is 1. The third-order valence-corrected chi connectivity index (χ3v) is 4.35. The predicted octanol–water partition coefficient (Wildman–Crippen LogP) is 1.83. The van der Waals surface area contributed by atoms with Gasteiger partial charge in [-0.2, -0.15) is 0 Å². The first kappa shape index (κ1) is 16.1. The highest BCUT2D eigenvalue weighted by Gasteiger charge is 2.33. The van der Waals surface area contributed by atoms with Gasteiger partial charge in [0.1, 0.15) is 0 Å². The zero-order chi connectivity index (χ0) is 15.2. The minimum atomic E-state index is -0.651. The van der Waals surface area contributed by atoms with Crippen molar-refractivity contribution in [2.75, 3.05) is 32.6 Å². The van der Waals surface area contributed by atoms with Gasteiger partial charge in [-0.1, -0.05) is 11.6 Å². The Hall–Kier alpha value is -1.24. The largest absolute Gasteiger partial charge is 0.467 e. The van der Waals surface area contributed by atoms with E-state index in [9.17, 15) is 9.59 Å². The second-order valence-corrected chi connectivity index (χ2v) is 5.93. The van der Waals surface area contributed by atoms with Crippen LogP contribution in [0.3, 0.4) is 0 Å². The molecule has 0 bridgehead atoms. The van der Waals surface area contributed by atoms with Crippen molar-refractivity contribution in [2.24, 2.45) is 0 Å². The maximum absolute atomic E-state index is 12.3. The van der Waals surface area contributed by atoms with Crippen molar-refractivity contribution < 1.29 is 19.1 Å². The molecule has 1 fully saturated rings. The van der Waals surface area contributed by atoms with Crippen molar-refractivity contribution in [1.29, 1.82) is 0 Å². The highest BCUT2D eigenvalue weighted by atomic mass is 35.5. The lowest BCUT2D eigenvalue weighted by atomic mass is 10.2. The Labute approximate surface area is 132 Å². The van der Waals surface area contributed by atoms with Gasteiger partial charge in [0, 0.05) is 16.5 Å². The molecule has 21 heavy (non-hydrogen) atoms. The number of carbonyl (C=O) groups is 2. The quantitative estimate of drug-likeness (QED) is 0.623. The van der Waals surface area contributed by atoms with Crippen LogP contribution in [0.4, 0.5) is 0 Å². The molecule has 2 rings (SSSR count). The Morgan fingerprint density at radius 2 is 2.14 bits per heavy atom. The van der Waals surface area contributed by atoms with Crippen molar-refractivity contribution >= 4 is 35.2 Å². The first-order valence-electron chi connectivity index (χ1n) is 6.45. The summed E-state index contributed by atoms with van der Waals surface area (Å²) in [5, 5.41) is 0.657. The van der Waals surface area contributed by atoms with Gasteiger partial charge in [0.15, 0.2) is 6.04 Å². The smallest absolute Gasteiger partial charge is 0.331 e. The molecule has 0 saturated carbocycles. The maximum atomic E-state index is 12.3. The molecule has 0 N–H and O–H groups in total. The summed E-state index contributed by atoms with van der Waals surface area (Å²) in [5.74, 6) is -0.289. The van der Waals surface area contributed by atoms with Crippen LogP contribution in [0.1, 0.15) is 0 Å². The van der Waals surface area contributed by atoms with Crippen LogP contribution in [-0.2, 0) is 19.1 Å². The Morgan fingerprint density at radius 1 is 1.43 bits per heavy atom. The van der Waals surface area contributed by atoms with Crippen molar-refractivity contribution in [2.45, 2.75) is 10.9 Å². The summed E-state index contributed by atoms with van der Waals surface area (Å²) >= 11 is 7.23. The number of carbonyl (C=O) groups excluding carboxylic acids is 2. The maximum Gasteiger partial charge on any atom is 0.331 e. The van der Waals surface area contributed by atoms with E-state index in [1.807, 2.05) is 12.1 Å². The minimum absolute atomic E-state index is 0.103. The summed E-state index contributed by atoms with van der Waals surface area (Å²) < 4.78 is 9.96. The number of rotatable bonds is 4. The van der Waals surface area contributed by atoms with Crippen LogP contribution in [0, 0.1) is 0 Å². The number of methoxy groups -OCH3 is 1. The van der Waals surface area contributed by atoms with Gasteiger partial charge in [0.25, 0.3) is 0 Å². The van der Waals surface area contributed by atoms with E-state index in [1.54, 1.807) is 12.1 Å². The number of amides is 1. The molecule has 7 heteroatoms. The van der Waals surface area contributed by atoms with Crippen molar-refractivity contribution in [3.8, 4) is 0 Å². The van der Waals surface area contributed by atoms with Crippen molar-refractivity contribution in [3.63, 3.8) is 0 Å². The molecule has 114 valence electrons. The Morgan fingerprint density at radius 3 is 2.81 bits per heavy atom. The lowest BCUT2D eigenvalue weighted by Gasteiger charge is -2.33. The monoisotopic (exact) mass is 329 g/mol. The molecule has 1 aromatic rings. The number of thioether (sulfide) groups is 1. The molecule has 0 aliphatic carbocycles. The van der Waals surface area contributed by atoms with E-state index in [2.05, 4.69) is 0 Å². The number of benzene rings is 1. The van der Waals surface area contributed by atoms with E-state index in [0.29, 0.717) is 18.2 Å². The Balaban J connectivity index is 1.94. The van der Waals surface area contributed by atoms with Crippen LogP contribution in [-0.4, -0.2) is 55.4 Å². The van der Waals surface area contributed by atoms with E-state index in [4.69, 9.17) is 21.1 Å². The topological polar surface area (TPSA) is 55.8 Å². The normalized spacial score (nSPS) is 18.4. The van der Waals surface area contributed by atoms with Gasteiger partial charge in [0.2, 0.25) is 5.91 Å². The number of hydrogen-bond donors (Lipinski definition) is 0. The molecule has 1 unspecified atom stereocenters. The van der Waals surface area contributed by atoms with Gasteiger partial charge >= 0.3 is 5.97 Å². The van der Waals surface area contributed by atoms with E-state index in [-0.39, 0.29) is 18.3 Å². The highest BCUT2D eigenvalue weighted by molar-refractivity contribution is 8.00. The third kappa shape index (κ3) is 4.36. The van der Waals surface area contributed by atoms with Gasteiger partial charge in [-0.05, 0) is 24.3 Å². The lowest BCUT2D eigenvalue weighted by Crippen LogP contribution is -2.53. The average Bonchev–Trinajstić information content (AvgIpc) is 2.53. The van der Waals surface area contributed by atoms with Gasteiger partial charge in [0.05, 0.1) is 26.1 Å². The Bertz CT molecular complexity index is 508. The van der Waals surface area contributed by atoms with Gasteiger partial charge in [-0.25, -0.2) is 4.79 Å². The summed E-state index contributed by atoms with van der Waals surface area (Å²) in [6.45, 7) is 1.02. The molecular weight excluding hydrogens is 314 g/mol. The fourth-order valence-corrected chi connectivity index (χ4v) is 2.90. The SMILES string of the molecule is COC(=O)C1COCCN1C(=O)CSc1ccc(Cl)cc1. The molecule has 1 amide bonds. The number of ether oxygens (including phenoxy) is 2. The third-order valence-electron chi connectivity index (χ3n) is 3.10. The molecule has 0 spiro atoms. The summed E-state index contributed by atoms with van der Waals surface area (Å²) in [6.07, 6.45) is 0. The van der Waals surface area contributed by atoms with Gasteiger partial charge in [-0.15, -0.1) is 11.8 Å². The molecule has 0 radical (unpaired) electrons. The highest BCUT2D eigenvalue weighted by Crippen LogP contribution is 2.21. The summed E-state index contributed by atoms with van der Waals surface area (Å²) in [7, 11) is 1.31. The molecular formula is C14H16ClNO4S. The molecule has 1 aliphatic rings. The standard InChI is InChI=1S/C14H16ClNO4S/c1-19-14(18)12-8-20-7-6-16(12)13(17)9-21-11-4-2-10(15)3-5-11/h2-5,12H,6-9H2,1H3. The molecule has 1 heterocycles. The van der Waals surface area contributed by atoms with E-state index in [0.717, 1.165) is 4.90 Å². The zero-order valence-electron chi connectivity index (χ0n) is 11.6. The van der Waals surface area contributed by atoms with E-state index >= 15 is 0 Å². The molecule has 0 aromatic heterocycles. The summed E-state index contributed by atoms with van der Waals surface area (Å²) in [4.78, 5) is 26.4. The molecule has 1 aliphatic heterocycles. The van der Waals surface area contributed by atoms with Crippen LogP contribution in [0.2, 0.25) is 5.02 Å². The Kier molecular flexibility index (Phi) is 5.90. The second-order valence-electron chi connectivity index (χ2n) is 4.44. The summed E-state index contributed by atoms with van der Waals surface area (Å²) in [5.41, 5.74) is 0. The van der Waals surface area contributed by atoms with Crippen LogP contribution < -0.4 is 0 Å². The average molecular weight is 330 g/mol.